The largest absolute Gasteiger partial charge is 0.351 e. The molecule has 0 aromatic carbocycles. The van der Waals surface area contributed by atoms with Crippen molar-refractivity contribution in [2.75, 3.05) is 13.1 Å². The fraction of sp³-hybridized carbons (Fsp3) is 0.588. The Kier molecular flexibility index (Phi) is 7.49. The van der Waals surface area contributed by atoms with Crippen molar-refractivity contribution in [2.45, 2.75) is 46.5 Å². The molecule has 1 amide bonds. The summed E-state index contributed by atoms with van der Waals surface area (Å²) in [6.07, 6.45) is 4.84. The number of rotatable bonds is 7. The van der Waals surface area contributed by atoms with Gasteiger partial charge in [-0.2, -0.15) is 0 Å². The van der Waals surface area contributed by atoms with Crippen molar-refractivity contribution in [1.82, 2.24) is 5.32 Å². The van der Waals surface area contributed by atoms with Crippen molar-refractivity contribution in [3.8, 4) is 11.8 Å². The van der Waals surface area contributed by atoms with Crippen molar-refractivity contribution < 1.29 is 4.79 Å². The molecule has 0 aliphatic carbocycles. The summed E-state index contributed by atoms with van der Waals surface area (Å²) in [5.74, 6) is 5.74. The van der Waals surface area contributed by atoms with Crippen LogP contribution >= 0.6 is 11.3 Å². The predicted octanol–water partition coefficient (Wildman–Crippen LogP) is 3.39. The van der Waals surface area contributed by atoms with Crippen molar-refractivity contribution in [1.29, 1.82) is 0 Å². The van der Waals surface area contributed by atoms with Gasteiger partial charge < -0.3 is 11.1 Å². The van der Waals surface area contributed by atoms with E-state index in [-0.39, 0.29) is 11.3 Å². The van der Waals surface area contributed by atoms with Gasteiger partial charge in [-0.15, -0.1) is 11.3 Å². The van der Waals surface area contributed by atoms with E-state index < -0.39 is 0 Å². The first-order valence-corrected chi connectivity index (χ1v) is 8.37. The van der Waals surface area contributed by atoms with Crippen LogP contribution in [-0.4, -0.2) is 19.0 Å². The van der Waals surface area contributed by atoms with E-state index in [1.54, 1.807) is 0 Å². The molecule has 0 atom stereocenters. The molecule has 0 radical (unpaired) electrons. The molecule has 0 bridgehead atoms. The summed E-state index contributed by atoms with van der Waals surface area (Å²) >= 11 is 1.41. The third-order valence-electron chi connectivity index (χ3n) is 3.33. The minimum Gasteiger partial charge on any atom is -0.351 e. The summed E-state index contributed by atoms with van der Waals surface area (Å²) in [5, 5.41) is 3.03. The number of carbonyl (C=O) groups excluding carboxylic acids is 1. The highest BCUT2D eigenvalue weighted by Crippen LogP contribution is 2.23. The van der Waals surface area contributed by atoms with Gasteiger partial charge in [-0.1, -0.05) is 51.9 Å². The molecule has 1 aromatic heterocycles. The Labute approximate surface area is 132 Å². The molecule has 4 heteroatoms. The molecule has 3 N–H and O–H groups in total. The summed E-state index contributed by atoms with van der Waals surface area (Å²) in [6.45, 7) is 7.66. The second-order valence-corrected chi connectivity index (χ2v) is 7.06. The molecule has 0 saturated carbocycles. The van der Waals surface area contributed by atoms with Crippen molar-refractivity contribution in [3.05, 3.63) is 21.9 Å². The van der Waals surface area contributed by atoms with Gasteiger partial charge in [0, 0.05) is 6.54 Å². The Bertz CT molecular complexity index is 508. The first-order chi connectivity index (χ1) is 9.98. The monoisotopic (exact) mass is 306 g/mol. The fourth-order valence-corrected chi connectivity index (χ4v) is 2.81. The molecule has 0 aliphatic heterocycles. The average Bonchev–Trinajstić information content (AvgIpc) is 2.91. The first kappa shape index (κ1) is 17.7. The number of carbonyl (C=O) groups is 1. The van der Waals surface area contributed by atoms with Crippen molar-refractivity contribution in [2.24, 2.45) is 11.1 Å². The highest BCUT2D eigenvalue weighted by molar-refractivity contribution is 7.14. The lowest BCUT2D eigenvalue weighted by Crippen LogP contribution is -2.33. The van der Waals surface area contributed by atoms with E-state index in [2.05, 4.69) is 37.9 Å². The molecule has 1 rings (SSSR count). The Morgan fingerprint density at radius 3 is 2.81 bits per heavy atom. The second-order valence-electron chi connectivity index (χ2n) is 5.97. The molecule has 1 heterocycles. The first-order valence-electron chi connectivity index (χ1n) is 7.55. The molecule has 116 valence electrons. The van der Waals surface area contributed by atoms with Crippen LogP contribution < -0.4 is 11.1 Å². The van der Waals surface area contributed by atoms with Crippen LogP contribution in [0.5, 0.6) is 0 Å². The number of nitrogens with one attached hydrogen (secondary N) is 1. The summed E-state index contributed by atoms with van der Waals surface area (Å²) in [6, 6.07) is 3.69. The lowest BCUT2D eigenvalue weighted by molar-refractivity contribution is 0.0938. The van der Waals surface area contributed by atoms with Gasteiger partial charge in [0.2, 0.25) is 0 Å². The smallest absolute Gasteiger partial charge is 0.261 e. The minimum absolute atomic E-state index is 0.00985. The normalized spacial score (nSPS) is 10.9. The number of nitrogens with two attached hydrogens (primary N) is 1. The minimum atomic E-state index is -0.00985. The highest BCUT2D eigenvalue weighted by Gasteiger charge is 2.19. The van der Waals surface area contributed by atoms with Gasteiger partial charge in [0.05, 0.1) is 16.3 Å². The van der Waals surface area contributed by atoms with Crippen molar-refractivity contribution >= 4 is 17.2 Å². The number of unbranched alkanes of at least 4 members (excludes halogenated alkanes) is 2. The van der Waals surface area contributed by atoms with Crippen LogP contribution in [0.15, 0.2) is 12.1 Å². The predicted molar refractivity (Wildman–Crippen MR) is 90.5 cm³/mol. The molecule has 0 fully saturated rings. The Balaban J connectivity index is 2.47. The van der Waals surface area contributed by atoms with Crippen LogP contribution in [0.3, 0.4) is 0 Å². The van der Waals surface area contributed by atoms with Gasteiger partial charge in [-0.05, 0) is 24.0 Å². The van der Waals surface area contributed by atoms with E-state index in [0.717, 1.165) is 11.3 Å². The standard InChI is InChI=1S/C17H26N2OS/c1-4-5-6-11-17(2,3)13-19-16(20)15-10-9-14(21-15)8-7-12-18/h9-10H,4-6,11-13,18H2,1-3H3,(H,19,20). The quantitative estimate of drug-likeness (QED) is 0.599. The summed E-state index contributed by atoms with van der Waals surface area (Å²) in [5.41, 5.74) is 5.48. The summed E-state index contributed by atoms with van der Waals surface area (Å²) < 4.78 is 0. The van der Waals surface area contributed by atoms with E-state index in [1.165, 1.54) is 30.6 Å². The van der Waals surface area contributed by atoms with Crippen molar-refractivity contribution in [3.63, 3.8) is 0 Å². The van der Waals surface area contributed by atoms with E-state index in [0.29, 0.717) is 18.0 Å². The van der Waals surface area contributed by atoms with Crippen LogP contribution in [0, 0.1) is 17.3 Å². The maximum absolute atomic E-state index is 12.1. The zero-order valence-corrected chi connectivity index (χ0v) is 14.1. The van der Waals surface area contributed by atoms with E-state index in [1.807, 2.05) is 12.1 Å². The average molecular weight is 306 g/mol. The molecular formula is C17H26N2OS. The second kappa shape index (κ2) is 8.86. The van der Waals surface area contributed by atoms with Gasteiger partial charge in [0.1, 0.15) is 0 Å². The summed E-state index contributed by atoms with van der Waals surface area (Å²) in [7, 11) is 0. The molecule has 0 unspecified atom stereocenters. The molecular weight excluding hydrogens is 280 g/mol. The Hall–Kier alpha value is -1.31. The van der Waals surface area contributed by atoms with Gasteiger partial charge in [-0.3, -0.25) is 4.79 Å². The molecule has 1 aromatic rings. The molecule has 3 nitrogen and oxygen atoms in total. The maximum Gasteiger partial charge on any atom is 0.261 e. The van der Waals surface area contributed by atoms with E-state index >= 15 is 0 Å². The zero-order chi connectivity index (χ0) is 15.7. The maximum atomic E-state index is 12.1. The molecule has 0 saturated heterocycles. The van der Waals surface area contributed by atoms with Gasteiger partial charge in [0.25, 0.3) is 5.91 Å². The topological polar surface area (TPSA) is 55.1 Å². The lowest BCUT2D eigenvalue weighted by Gasteiger charge is -2.24. The zero-order valence-electron chi connectivity index (χ0n) is 13.3. The van der Waals surface area contributed by atoms with Crippen LogP contribution in [-0.2, 0) is 0 Å². The lowest BCUT2D eigenvalue weighted by atomic mass is 9.87. The van der Waals surface area contributed by atoms with Crippen LogP contribution in [0.2, 0.25) is 0 Å². The number of amides is 1. The van der Waals surface area contributed by atoms with Gasteiger partial charge in [-0.25, -0.2) is 0 Å². The summed E-state index contributed by atoms with van der Waals surface area (Å²) in [4.78, 5) is 13.7. The number of thiophene rings is 1. The van der Waals surface area contributed by atoms with Crippen LogP contribution in [0.25, 0.3) is 0 Å². The van der Waals surface area contributed by atoms with Crippen LogP contribution in [0.1, 0.15) is 61.0 Å². The van der Waals surface area contributed by atoms with Crippen LogP contribution in [0.4, 0.5) is 0 Å². The van der Waals surface area contributed by atoms with Gasteiger partial charge in [0.15, 0.2) is 0 Å². The highest BCUT2D eigenvalue weighted by atomic mass is 32.1. The van der Waals surface area contributed by atoms with E-state index in [4.69, 9.17) is 5.73 Å². The molecule has 0 aliphatic rings. The van der Waals surface area contributed by atoms with E-state index in [9.17, 15) is 4.79 Å². The SMILES string of the molecule is CCCCCC(C)(C)CNC(=O)c1ccc(C#CCN)s1. The third kappa shape index (κ3) is 6.79. The fourth-order valence-electron chi connectivity index (χ4n) is 2.01. The Morgan fingerprint density at radius 2 is 2.14 bits per heavy atom. The molecule has 21 heavy (non-hydrogen) atoms. The third-order valence-corrected chi connectivity index (χ3v) is 4.33. The number of hydrogen-bond donors (Lipinski definition) is 2. The Morgan fingerprint density at radius 1 is 1.38 bits per heavy atom. The number of hydrogen-bond acceptors (Lipinski definition) is 3. The molecule has 0 spiro atoms. The van der Waals surface area contributed by atoms with Gasteiger partial charge >= 0.3 is 0 Å².